The summed E-state index contributed by atoms with van der Waals surface area (Å²) in [5.74, 6) is -0.439. The number of ether oxygens (including phenoxy) is 2. The number of hydrogen-bond donors (Lipinski definition) is 0. The minimum Gasteiger partial charge on any atom is -0.382 e. The highest BCUT2D eigenvalue weighted by Crippen LogP contribution is 2.24. The fraction of sp³-hybridized carbons (Fsp3) is 0.588. The van der Waals surface area contributed by atoms with Crippen molar-refractivity contribution in [3.05, 3.63) is 34.9 Å². The Bertz CT molecular complexity index is 662. The molecule has 2 rings (SSSR count). The minimum atomic E-state index is -3.43. The zero-order chi connectivity index (χ0) is 18.3. The first-order valence-electron chi connectivity index (χ1n) is 8.28. The van der Waals surface area contributed by atoms with Crippen molar-refractivity contribution in [3.8, 4) is 0 Å². The highest BCUT2D eigenvalue weighted by molar-refractivity contribution is 7.89. The van der Waals surface area contributed by atoms with E-state index >= 15 is 0 Å². The van der Waals surface area contributed by atoms with E-state index in [9.17, 15) is 13.2 Å². The third-order valence-corrected chi connectivity index (χ3v) is 6.25. The van der Waals surface area contributed by atoms with Gasteiger partial charge < -0.3 is 9.47 Å². The molecule has 1 fully saturated rings. The number of halogens is 1. The third-order valence-electron chi connectivity index (χ3n) is 4.19. The molecule has 1 aromatic carbocycles. The first-order chi connectivity index (χ1) is 11.9. The van der Waals surface area contributed by atoms with E-state index in [0.717, 1.165) is 0 Å². The van der Waals surface area contributed by atoms with Crippen molar-refractivity contribution in [2.75, 3.05) is 45.8 Å². The van der Waals surface area contributed by atoms with Gasteiger partial charge in [0.1, 0.15) is 0 Å². The Balaban J connectivity index is 1.92. The van der Waals surface area contributed by atoms with Crippen molar-refractivity contribution in [2.24, 2.45) is 5.92 Å². The van der Waals surface area contributed by atoms with E-state index < -0.39 is 10.0 Å². The molecule has 0 saturated carbocycles. The van der Waals surface area contributed by atoms with Crippen LogP contribution in [0.5, 0.6) is 0 Å². The number of sulfonamides is 1. The summed E-state index contributed by atoms with van der Waals surface area (Å²) in [4.78, 5) is 12.6. The highest BCUT2D eigenvalue weighted by atomic mass is 35.5. The standard InChI is InChI=1S/C17H24ClNO5S/c1-23-9-10-24-11-12-25(21,22)19-8-2-3-15(13-19)17(20)14-4-6-16(18)7-5-14/h4-7,15H,2-3,8-13H2,1H3. The Kier molecular flexibility index (Phi) is 7.83. The molecule has 1 unspecified atom stereocenters. The van der Waals surface area contributed by atoms with Gasteiger partial charge in [0.2, 0.25) is 10.0 Å². The number of methoxy groups -OCH3 is 1. The van der Waals surface area contributed by atoms with Crippen molar-refractivity contribution in [1.82, 2.24) is 4.31 Å². The van der Waals surface area contributed by atoms with E-state index in [1.807, 2.05) is 0 Å². The molecule has 1 atom stereocenters. The van der Waals surface area contributed by atoms with Crippen LogP contribution in [-0.4, -0.2) is 64.3 Å². The van der Waals surface area contributed by atoms with E-state index in [1.54, 1.807) is 31.4 Å². The number of benzene rings is 1. The van der Waals surface area contributed by atoms with E-state index in [1.165, 1.54) is 4.31 Å². The van der Waals surface area contributed by atoms with Gasteiger partial charge in [-0.05, 0) is 37.1 Å². The van der Waals surface area contributed by atoms with Gasteiger partial charge >= 0.3 is 0 Å². The second-order valence-electron chi connectivity index (χ2n) is 5.99. The van der Waals surface area contributed by atoms with Crippen LogP contribution in [0.4, 0.5) is 0 Å². The molecule has 1 aliphatic rings. The van der Waals surface area contributed by atoms with E-state index in [-0.39, 0.29) is 30.6 Å². The van der Waals surface area contributed by atoms with E-state index in [0.29, 0.717) is 43.2 Å². The van der Waals surface area contributed by atoms with Gasteiger partial charge in [0.15, 0.2) is 5.78 Å². The van der Waals surface area contributed by atoms with Crippen LogP contribution in [0.25, 0.3) is 0 Å². The summed E-state index contributed by atoms with van der Waals surface area (Å²) >= 11 is 5.85. The lowest BCUT2D eigenvalue weighted by Gasteiger charge is -2.31. The van der Waals surface area contributed by atoms with Crippen molar-refractivity contribution < 1.29 is 22.7 Å². The molecule has 0 aliphatic carbocycles. The van der Waals surface area contributed by atoms with Gasteiger partial charge in [-0.1, -0.05) is 11.6 Å². The van der Waals surface area contributed by atoms with Crippen LogP contribution in [0, 0.1) is 5.92 Å². The Hall–Kier alpha value is -0.990. The number of nitrogens with zero attached hydrogens (tertiary/aromatic N) is 1. The van der Waals surface area contributed by atoms with Gasteiger partial charge in [-0.2, -0.15) is 0 Å². The van der Waals surface area contributed by atoms with Gasteiger partial charge in [0.05, 0.1) is 25.6 Å². The maximum absolute atomic E-state index is 12.6. The summed E-state index contributed by atoms with van der Waals surface area (Å²) in [5.41, 5.74) is 0.566. The summed E-state index contributed by atoms with van der Waals surface area (Å²) in [5, 5.41) is 0.567. The topological polar surface area (TPSA) is 72.9 Å². The number of hydrogen-bond acceptors (Lipinski definition) is 5. The Morgan fingerprint density at radius 3 is 2.64 bits per heavy atom. The molecule has 1 aliphatic heterocycles. The SMILES string of the molecule is COCCOCCS(=O)(=O)N1CCCC(C(=O)c2ccc(Cl)cc2)C1. The van der Waals surface area contributed by atoms with Crippen LogP contribution in [0.3, 0.4) is 0 Å². The lowest BCUT2D eigenvalue weighted by molar-refractivity contribution is 0.0778. The molecule has 0 N–H and O–H groups in total. The quantitative estimate of drug-likeness (QED) is 0.478. The average molecular weight is 390 g/mol. The van der Waals surface area contributed by atoms with Gasteiger partial charge in [-0.25, -0.2) is 12.7 Å². The summed E-state index contributed by atoms with van der Waals surface area (Å²) in [6, 6.07) is 6.70. The molecule has 6 nitrogen and oxygen atoms in total. The van der Waals surface area contributed by atoms with Crippen molar-refractivity contribution >= 4 is 27.4 Å². The Morgan fingerprint density at radius 1 is 1.24 bits per heavy atom. The molecule has 25 heavy (non-hydrogen) atoms. The predicted octanol–water partition coefficient (Wildman–Crippen LogP) is 2.23. The molecular weight excluding hydrogens is 366 g/mol. The fourth-order valence-corrected chi connectivity index (χ4v) is 4.32. The summed E-state index contributed by atoms with van der Waals surface area (Å²) in [7, 11) is -1.87. The first kappa shape index (κ1) is 20.3. The molecule has 8 heteroatoms. The van der Waals surface area contributed by atoms with Crippen LogP contribution in [-0.2, 0) is 19.5 Å². The number of carbonyl (C=O) groups is 1. The van der Waals surface area contributed by atoms with E-state index in [2.05, 4.69) is 0 Å². The molecule has 0 amide bonds. The predicted molar refractivity (Wildman–Crippen MR) is 96.6 cm³/mol. The molecule has 0 bridgehead atoms. The molecule has 1 aromatic rings. The van der Waals surface area contributed by atoms with Gasteiger partial charge in [0, 0.05) is 36.7 Å². The minimum absolute atomic E-state index is 0.0343. The smallest absolute Gasteiger partial charge is 0.216 e. The zero-order valence-electron chi connectivity index (χ0n) is 14.3. The monoisotopic (exact) mass is 389 g/mol. The number of piperidine rings is 1. The summed E-state index contributed by atoms with van der Waals surface area (Å²) < 4.78 is 36.4. The number of Topliss-reactive ketones (excluding diaryl/α,β-unsaturated/α-hetero) is 1. The highest BCUT2D eigenvalue weighted by Gasteiger charge is 2.32. The lowest BCUT2D eigenvalue weighted by atomic mass is 9.91. The van der Waals surface area contributed by atoms with Crippen molar-refractivity contribution in [1.29, 1.82) is 0 Å². The number of carbonyl (C=O) groups excluding carboxylic acids is 1. The normalized spacial score (nSPS) is 19.0. The van der Waals surface area contributed by atoms with Gasteiger partial charge in [-0.15, -0.1) is 0 Å². The van der Waals surface area contributed by atoms with Crippen molar-refractivity contribution in [2.45, 2.75) is 12.8 Å². The van der Waals surface area contributed by atoms with Crippen LogP contribution >= 0.6 is 11.6 Å². The maximum Gasteiger partial charge on any atom is 0.216 e. The molecular formula is C17H24ClNO5S. The molecule has 0 aromatic heterocycles. The molecule has 0 radical (unpaired) electrons. The average Bonchev–Trinajstić information content (AvgIpc) is 2.61. The molecule has 140 valence electrons. The van der Waals surface area contributed by atoms with Crippen LogP contribution in [0.2, 0.25) is 5.02 Å². The number of rotatable bonds is 9. The molecule has 1 saturated heterocycles. The van der Waals surface area contributed by atoms with Crippen LogP contribution < -0.4 is 0 Å². The first-order valence-corrected chi connectivity index (χ1v) is 10.3. The van der Waals surface area contributed by atoms with Gasteiger partial charge in [-0.3, -0.25) is 4.79 Å². The summed E-state index contributed by atoms with van der Waals surface area (Å²) in [6.07, 6.45) is 1.37. The van der Waals surface area contributed by atoms with Crippen molar-refractivity contribution in [3.63, 3.8) is 0 Å². The lowest BCUT2D eigenvalue weighted by Crippen LogP contribution is -2.43. The second kappa shape index (κ2) is 9.64. The second-order valence-corrected chi connectivity index (χ2v) is 8.51. The maximum atomic E-state index is 12.6. The summed E-state index contributed by atoms with van der Waals surface area (Å²) in [6.45, 7) is 1.59. The Morgan fingerprint density at radius 2 is 1.96 bits per heavy atom. The van der Waals surface area contributed by atoms with Crippen LogP contribution in [0.15, 0.2) is 24.3 Å². The Labute approximate surface area is 154 Å². The largest absolute Gasteiger partial charge is 0.382 e. The fourth-order valence-electron chi connectivity index (χ4n) is 2.80. The van der Waals surface area contributed by atoms with Crippen LogP contribution in [0.1, 0.15) is 23.2 Å². The van der Waals surface area contributed by atoms with Gasteiger partial charge in [0.25, 0.3) is 0 Å². The zero-order valence-corrected chi connectivity index (χ0v) is 15.9. The number of ketones is 1. The molecule has 1 heterocycles. The molecule has 0 spiro atoms. The third kappa shape index (κ3) is 6.04. The van der Waals surface area contributed by atoms with E-state index in [4.69, 9.17) is 21.1 Å².